The second kappa shape index (κ2) is 7.87. The number of carbonyl (C=O) groups excluding carboxylic acids is 5. The van der Waals surface area contributed by atoms with Crippen LogP contribution in [0.15, 0.2) is 42.5 Å². The van der Waals surface area contributed by atoms with Gasteiger partial charge in [-0.2, -0.15) is 0 Å². The molecule has 4 rings (SSSR count). The minimum Gasteiger partial charge on any atom is -0.325 e. The average Bonchev–Trinajstić information content (AvgIpc) is 2.98. The molecule has 1 unspecified atom stereocenters. The SMILES string of the molecule is CC(C)(C(=O)Nc1ccc2c(c1)C(=O)N(C1CCC(=O)NC1=O)C2=O)c1ccc(Cl)cc1. The highest BCUT2D eigenvalue weighted by Gasteiger charge is 2.44. The van der Waals surface area contributed by atoms with Gasteiger partial charge >= 0.3 is 0 Å². The van der Waals surface area contributed by atoms with E-state index in [0.717, 1.165) is 10.5 Å². The Hall–Kier alpha value is -3.52. The highest BCUT2D eigenvalue weighted by atomic mass is 35.5. The molecule has 8 nitrogen and oxygen atoms in total. The molecule has 32 heavy (non-hydrogen) atoms. The second-order valence-corrected chi connectivity index (χ2v) is 8.73. The highest BCUT2D eigenvalue weighted by Crippen LogP contribution is 2.31. The number of fused-ring (bicyclic) bond motifs is 1. The molecule has 2 aromatic carbocycles. The number of benzene rings is 2. The molecule has 2 aliphatic heterocycles. The van der Waals surface area contributed by atoms with Crippen LogP contribution >= 0.6 is 11.6 Å². The largest absolute Gasteiger partial charge is 0.325 e. The van der Waals surface area contributed by atoms with Gasteiger partial charge in [0.25, 0.3) is 11.8 Å². The van der Waals surface area contributed by atoms with E-state index in [4.69, 9.17) is 11.6 Å². The number of halogens is 1. The molecule has 5 amide bonds. The van der Waals surface area contributed by atoms with E-state index in [2.05, 4.69) is 10.6 Å². The molecule has 1 atom stereocenters. The van der Waals surface area contributed by atoms with Crippen LogP contribution in [0.4, 0.5) is 5.69 Å². The summed E-state index contributed by atoms with van der Waals surface area (Å²) >= 11 is 5.93. The summed E-state index contributed by atoms with van der Waals surface area (Å²) < 4.78 is 0. The maximum Gasteiger partial charge on any atom is 0.262 e. The second-order valence-electron chi connectivity index (χ2n) is 8.29. The zero-order chi connectivity index (χ0) is 23.2. The van der Waals surface area contributed by atoms with Crippen LogP contribution in [-0.2, 0) is 19.8 Å². The standard InChI is InChI=1S/C23H20ClN3O5/c1-23(2,12-3-5-13(24)6-4-12)22(32)25-14-7-8-15-16(11-14)21(31)27(20(15)30)17-9-10-18(28)26-19(17)29/h3-8,11,17H,9-10H2,1-2H3,(H,25,32)(H,26,28,29). The first-order valence-corrected chi connectivity index (χ1v) is 10.4. The molecule has 1 fully saturated rings. The van der Waals surface area contributed by atoms with Crippen molar-refractivity contribution in [1.82, 2.24) is 10.2 Å². The molecular formula is C23H20ClN3O5. The summed E-state index contributed by atoms with van der Waals surface area (Å²) in [6, 6.07) is 10.3. The van der Waals surface area contributed by atoms with Crippen molar-refractivity contribution in [3.8, 4) is 0 Å². The van der Waals surface area contributed by atoms with Crippen molar-refractivity contribution in [3.63, 3.8) is 0 Å². The summed E-state index contributed by atoms with van der Waals surface area (Å²) in [5.41, 5.74) is 0.469. The van der Waals surface area contributed by atoms with Crippen molar-refractivity contribution in [1.29, 1.82) is 0 Å². The summed E-state index contributed by atoms with van der Waals surface area (Å²) in [4.78, 5) is 63.1. The van der Waals surface area contributed by atoms with Crippen LogP contribution in [0.25, 0.3) is 0 Å². The molecule has 0 aliphatic carbocycles. The number of carbonyl (C=O) groups is 5. The van der Waals surface area contributed by atoms with Crippen LogP contribution in [-0.4, -0.2) is 40.5 Å². The smallest absolute Gasteiger partial charge is 0.262 e. The number of amides is 5. The Labute approximate surface area is 188 Å². The molecule has 2 heterocycles. The Morgan fingerprint density at radius 3 is 2.34 bits per heavy atom. The van der Waals surface area contributed by atoms with Gasteiger partial charge in [-0.3, -0.25) is 34.2 Å². The van der Waals surface area contributed by atoms with Crippen LogP contribution in [0.1, 0.15) is 53.0 Å². The van der Waals surface area contributed by atoms with Gasteiger partial charge in [0.1, 0.15) is 6.04 Å². The molecule has 164 valence electrons. The zero-order valence-electron chi connectivity index (χ0n) is 17.4. The van der Waals surface area contributed by atoms with Crippen molar-refractivity contribution in [3.05, 3.63) is 64.2 Å². The molecular weight excluding hydrogens is 434 g/mol. The molecule has 0 bridgehead atoms. The lowest BCUT2D eigenvalue weighted by molar-refractivity contribution is -0.136. The normalized spacial score (nSPS) is 18.5. The fraction of sp³-hybridized carbons (Fsp3) is 0.261. The number of rotatable bonds is 4. The zero-order valence-corrected chi connectivity index (χ0v) is 18.2. The van der Waals surface area contributed by atoms with Crippen molar-refractivity contribution in [2.75, 3.05) is 5.32 Å². The minimum atomic E-state index is -1.04. The van der Waals surface area contributed by atoms with E-state index in [1.807, 2.05) is 0 Å². The maximum atomic E-state index is 13.0. The van der Waals surface area contributed by atoms with E-state index in [0.29, 0.717) is 10.7 Å². The first-order valence-electron chi connectivity index (χ1n) is 10.0. The number of piperidine rings is 1. The van der Waals surface area contributed by atoms with Gasteiger partial charge in [-0.25, -0.2) is 0 Å². The quantitative estimate of drug-likeness (QED) is 0.691. The summed E-state index contributed by atoms with van der Waals surface area (Å²) in [5.74, 6) is -2.64. The van der Waals surface area contributed by atoms with Crippen molar-refractivity contribution in [2.45, 2.75) is 38.1 Å². The molecule has 1 saturated heterocycles. The predicted molar refractivity (Wildman–Crippen MR) is 116 cm³/mol. The van der Waals surface area contributed by atoms with E-state index in [9.17, 15) is 24.0 Å². The first-order chi connectivity index (χ1) is 15.1. The number of anilines is 1. The highest BCUT2D eigenvalue weighted by molar-refractivity contribution is 6.30. The molecule has 9 heteroatoms. The van der Waals surface area contributed by atoms with Crippen LogP contribution in [0.5, 0.6) is 0 Å². The molecule has 0 saturated carbocycles. The third-order valence-corrected chi connectivity index (χ3v) is 6.08. The average molecular weight is 454 g/mol. The Balaban J connectivity index is 1.56. The lowest BCUT2D eigenvalue weighted by atomic mass is 9.83. The van der Waals surface area contributed by atoms with Crippen molar-refractivity contribution >= 4 is 46.8 Å². The van der Waals surface area contributed by atoms with E-state index in [1.54, 1.807) is 38.1 Å². The number of hydrogen-bond acceptors (Lipinski definition) is 5. The topological polar surface area (TPSA) is 113 Å². The van der Waals surface area contributed by atoms with Gasteiger partial charge in [-0.05, 0) is 56.2 Å². The summed E-state index contributed by atoms with van der Waals surface area (Å²) in [6.45, 7) is 3.52. The molecule has 2 N–H and O–H groups in total. The third kappa shape index (κ3) is 3.67. The third-order valence-electron chi connectivity index (χ3n) is 5.83. The lowest BCUT2D eigenvalue weighted by Gasteiger charge is -2.27. The summed E-state index contributed by atoms with van der Waals surface area (Å²) in [5, 5.41) is 5.51. The van der Waals surface area contributed by atoms with Gasteiger partial charge in [-0.1, -0.05) is 23.7 Å². The summed E-state index contributed by atoms with van der Waals surface area (Å²) in [7, 11) is 0. The fourth-order valence-electron chi connectivity index (χ4n) is 3.83. The summed E-state index contributed by atoms with van der Waals surface area (Å²) in [6.07, 6.45) is 0.125. The van der Waals surface area contributed by atoms with Crippen LogP contribution in [0.3, 0.4) is 0 Å². The van der Waals surface area contributed by atoms with Gasteiger partial charge in [0, 0.05) is 17.1 Å². The van der Waals surface area contributed by atoms with Gasteiger partial charge in [-0.15, -0.1) is 0 Å². The van der Waals surface area contributed by atoms with Crippen molar-refractivity contribution < 1.29 is 24.0 Å². The van der Waals surface area contributed by atoms with Crippen LogP contribution in [0.2, 0.25) is 5.02 Å². The van der Waals surface area contributed by atoms with Gasteiger partial charge in [0.05, 0.1) is 16.5 Å². The molecule has 2 aliphatic rings. The minimum absolute atomic E-state index is 0.0465. The fourth-order valence-corrected chi connectivity index (χ4v) is 3.96. The van der Waals surface area contributed by atoms with Crippen LogP contribution in [0, 0.1) is 0 Å². The van der Waals surface area contributed by atoms with Crippen LogP contribution < -0.4 is 10.6 Å². The molecule has 0 aromatic heterocycles. The van der Waals surface area contributed by atoms with E-state index >= 15 is 0 Å². The monoisotopic (exact) mass is 453 g/mol. The van der Waals surface area contributed by atoms with E-state index in [1.165, 1.54) is 18.2 Å². The number of hydrogen-bond donors (Lipinski definition) is 2. The van der Waals surface area contributed by atoms with Gasteiger partial charge in [0.2, 0.25) is 17.7 Å². The Kier molecular flexibility index (Phi) is 5.34. The Morgan fingerprint density at radius 1 is 1.03 bits per heavy atom. The number of imide groups is 2. The lowest BCUT2D eigenvalue weighted by Crippen LogP contribution is -2.54. The number of nitrogens with one attached hydrogen (secondary N) is 2. The molecule has 2 aromatic rings. The predicted octanol–water partition coefficient (Wildman–Crippen LogP) is 2.66. The first kappa shape index (κ1) is 21.7. The van der Waals surface area contributed by atoms with E-state index in [-0.39, 0.29) is 29.9 Å². The van der Waals surface area contributed by atoms with Gasteiger partial charge < -0.3 is 5.32 Å². The Morgan fingerprint density at radius 2 is 1.69 bits per heavy atom. The molecule has 0 spiro atoms. The molecule has 0 radical (unpaired) electrons. The number of nitrogens with zero attached hydrogens (tertiary/aromatic N) is 1. The Bertz CT molecular complexity index is 1170. The van der Waals surface area contributed by atoms with Gasteiger partial charge in [0.15, 0.2) is 0 Å². The maximum absolute atomic E-state index is 13.0. The van der Waals surface area contributed by atoms with Crippen molar-refractivity contribution in [2.24, 2.45) is 0 Å². The van der Waals surface area contributed by atoms with E-state index < -0.39 is 35.1 Å².